The van der Waals surface area contributed by atoms with E-state index in [4.69, 9.17) is 14.9 Å². The molecule has 18 heavy (non-hydrogen) atoms. The molecule has 2 rings (SSSR count). The smallest absolute Gasteiger partial charge is 0.178 e. The van der Waals surface area contributed by atoms with E-state index in [-0.39, 0.29) is 0 Å². The average molecular weight is 244 g/mol. The summed E-state index contributed by atoms with van der Waals surface area (Å²) < 4.78 is 5.81. The molecule has 0 fully saturated rings. The zero-order chi connectivity index (χ0) is 13.1. The lowest BCUT2D eigenvalue weighted by Crippen LogP contribution is -1.96. The van der Waals surface area contributed by atoms with Gasteiger partial charge >= 0.3 is 0 Å². The van der Waals surface area contributed by atoms with Crippen LogP contribution in [0.3, 0.4) is 0 Å². The van der Waals surface area contributed by atoms with Crippen molar-refractivity contribution in [3.05, 3.63) is 59.2 Å². The molecule has 0 saturated carbocycles. The van der Waals surface area contributed by atoms with Gasteiger partial charge in [0.25, 0.3) is 0 Å². The second-order valence-corrected chi connectivity index (χ2v) is 4.27. The summed E-state index contributed by atoms with van der Waals surface area (Å²) in [6.07, 6.45) is -1.45. The first kappa shape index (κ1) is 12.6. The third-order valence-corrected chi connectivity index (χ3v) is 2.81. The Morgan fingerprint density at radius 2 is 1.56 bits per heavy atom. The molecule has 0 heterocycles. The molecule has 94 valence electrons. The van der Waals surface area contributed by atoms with Crippen molar-refractivity contribution in [3.8, 4) is 11.5 Å². The minimum Gasteiger partial charge on any atom is -0.457 e. The summed E-state index contributed by atoms with van der Waals surface area (Å²) in [6.45, 7) is 3.86. The highest BCUT2D eigenvalue weighted by Crippen LogP contribution is 2.28. The number of hydrogen-bond donors (Lipinski definition) is 2. The van der Waals surface area contributed by atoms with E-state index in [0.717, 1.165) is 16.9 Å². The van der Waals surface area contributed by atoms with Crippen LogP contribution in [0.4, 0.5) is 0 Å². The lowest BCUT2D eigenvalue weighted by Gasteiger charge is -2.12. The van der Waals surface area contributed by atoms with Gasteiger partial charge in [-0.05, 0) is 43.2 Å². The summed E-state index contributed by atoms with van der Waals surface area (Å²) in [5, 5.41) is 18.2. The molecule has 2 aromatic carbocycles. The molecule has 0 aliphatic heterocycles. The van der Waals surface area contributed by atoms with E-state index >= 15 is 0 Å². The van der Waals surface area contributed by atoms with E-state index in [1.165, 1.54) is 0 Å². The third-order valence-electron chi connectivity index (χ3n) is 2.81. The van der Waals surface area contributed by atoms with E-state index in [0.29, 0.717) is 11.3 Å². The Hall–Kier alpha value is -1.84. The second kappa shape index (κ2) is 5.21. The molecule has 2 aromatic rings. The maximum absolute atomic E-state index is 9.09. The van der Waals surface area contributed by atoms with Crippen molar-refractivity contribution in [2.45, 2.75) is 20.1 Å². The number of hydrogen-bond acceptors (Lipinski definition) is 3. The van der Waals surface area contributed by atoms with Crippen LogP contribution >= 0.6 is 0 Å². The fourth-order valence-corrected chi connectivity index (χ4v) is 1.74. The van der Waals surface area contributed by atoms with Crippen LogP contribution in [0.25, 0.3) is 0 Å². The van der Waals surface area contributed by atoms with Crippen LogP contribution in [-0.4, -0.2) is 10.2 Å². The number of rotatable bonds is 3. The summed E-state index contributed by atoms with van der Waals surface area (Å²) in [5.74, 6) is 1.52. The summed E-state index contributed by atoms with van der Waals surface area (Å²) in [4.78, 5) is 0. The lowest BCUT2D eigenvalue weighted by atomic mass is 10.1. The molecule has 0 saturated heterocycles. The van der Waals surface area contributed by atoms with Crippen molar-refractivity contribution in [1.29, 1.82) is 0 Å². The SMILES string of the molecule is Cc1ccccc1Oc1ccc(C(O)O)cc1C. The molecule has 3 heteroatoms. The molecule has 0 bridgehead atoms. The maximum atomic E-state index is 9.09. The van der Waals surface area contributed by atoms with Crippen molar-refractivity contribution in [1.82, 2.24) is 0 Å². The lowest BCUT2D eigenvalue weighted by molar-refractivity contribution is -0.0425. The van der Waals surface area contributed by atoms with E-state index in [9.17, 15) is 0 Å². The quantitative estimate of drug-likeness (QED) is 0.816. The summed E-state index contributed by atoms with van der Waals surface area (Å²) >= 11 is 0. The van der Waals surface area contributed by atoms with Gasteiger partial charge in [0, 0.05) is 5.56 Å². The minimum atomic E-state index is -1.45. The number of benzene rings is 2. The van der Waals surface area contributed by atoms with Gasteiger partial charge in [-0.25, -0.2) is 0 Å². The van der Waals surface area contributed by atoms with Crippen molar-refractivity contribution in [2.75, 3.05) is 0 Å². The van der Waals surface area contributed by atoms with Crippen LogP contribution in [-0.2, 0) is 0 Å². The first-order chi connectivity index (χ1) is 8.58. The van der Waals surface area contributed by atoms with E-state index in [1.54, 1.807) is 18.2 Å². The van der Waals surface area contributed by atoms with Gasteiger partial charge in [0.15, 0.2) is 6.29 Å². The van der Waals surface area contributed by atoms with Crippen LogP contribution in [0.1, 0.15) is 23.0 Å². The summed E-state index contributed by atoms with van der Waals surface area (Å²) in [5.41, 5.74) is 2.39. The fourth-order valence-electron chi connectivity index (χ4n) is 1.74. The molecular weight excluding hydrogens is 228 g/mol. The van der Waals surface area contributed by atoms with E-state index in [1.807, 2.05) is 38.1 Å². The number of ether oxygens (including phenoxy) is 1. The Kier molecular flexibility index (Phi) is 3.65. The molecule has 3 nitrogen and oxygen atoms in total. The zero-order valence-corrected chi connectivity index (χ0v) is 10.4. The normalized spacial score (nSPS) is 10.7. The molecule has 0 atom stereocenters. The summed E-state index contributed by atoms with van der Waals surface area (Å²) in [7, 11) is 0. The molecule has 0 aliphatic rings. The predicted octanol–water partition coefficient (Wildman–Crippen LogP) is 3.08. The number of aryl methyl sites for hydroxylation is 2. The Balaban J connectivity index is 2.28. The Morgan fingerprint density at radius 1 is 0.889 bits per heavy atom. The standard InChI is InChI=1S/C15H16O3/c1-10-5-3-4-6-13(10)18-14-8-7-12(15(16)17)9-11(14)2/h3-9,15-17H,1-2H3. The highest BCUT2D eigenvalue weighted by atomic mass is 16.5. The number of aliphatic hydroxyl groups excluding tert-OH is 1. The molecule has 0 aromatic heterocycles. The van der Waals surface area contributed by atoms with Crippen molar-refractivity contribution in [2.24, 2.45) is 0 Å². The number of aliphatic hydroxyl groups is 2. The Bertz CT molecular complexity index is 547. The molecule has 0 amide bonds. The van der Waals surface area contributed by atoms with Crippen LogP contribution in [0.5, 0.6) is 11.5 Å². The van der Waals surface area contributed by atoms with Crippen molar-refractivity contribution < 1.29 is 14.9 Å². The predicted molar refractivity (Wildman–Crippen MR) is 69.6 cm³/mol. The van der Waals surface area contributed by atoms with Gasteiger partial charge in [0.05, 0.1) is 0 Å². The van der Waals surface area contributed by atoms with Gasteiger partial charge < -0.3 is 14.9 Å². The Labute approximate surface area is 106 Å². The monoisotopic (exact) mass is 244 g/mol. The molecular formula is C15H16O3. The van der Waals surface area contributed by atoms with Gasteiger partial charge in [-0.2, -0.15) is 0 Å². The van der Waals surface area contributed by atoms with Gasteiger partial charge in [-0.3, -0.25) is 0 Å². The number of para-hydroxylation sites is 1. The molecule has 0 aliphatic carbocycles. The van der Waals surface area contributed by atoms with Gasteiger partial charge in [0.2, 0.25) is 0 Å². The van der Waals surface area contributed by atoms with Crippen molar-refractivity contribution in [3.63, 3.8) is 0 Å². The van der Waals surface area contributed by atoms with Crippen LogP contribution < -0.4 is 4.74 Å². The van der Waals surface area contributed by atoms with Gasteiger partial charge in [0.1, 0.15) is 11.5 Å². The van der Waals surface area contributed by atoms with E-state index in [2.05, 4.69) is 0 Å². The van der Waals surface area contributed by atoms with Gasteiger partial charge in [-0.1, -0.05) is 24.3 Å². The van der Waals surface area contributed by atoms with Crippen LogP contribution in [0.15, 0.2) is 42.5 Å². The minimum absolute atomic E-state index is 0.463. The highest BCUT2D eigenvalue weighted by molar-refractivity contribution is 5.42. The molecule has 2 N–H and O–H groups in total. The zero-order valence-electron chi connectivity index (χ0n) is 10.4. The van der Waals surface area contributed by atoms with E-state index < -0.39 is 6.29 Å². The fraction of sp³-hybridized carbons (Fsp3) is 0.200. The average Bonchev–Trinajstić information content (AvgIpc) is 2.34. The first-order valence-electron chi connectivity index (χ1n) is 5.78. The van der Waals surface area contributed by atoms with Gasteiger partial charge in [-0.15, -0.1) is 0 Å². The summed E-state index contributed by atoms with van der Waals surface area (Å²) in [6, 6.07) is 12.9. The second-order valence-electron chi connectivity index (χ2n) is 4.27. The van der Waals surface area contributed by atoms with Crippen LogP contribution in [0.2, 0.25) is 0 Å². The molecule has 0 spiro atoms. The first-order valence-corrected chi connectivity index (χ1v) is 5.78. The van der Waals surface area contributed by atoms with Crippen molar-refractivity contribution >= 4 is 0 Å². The molecule has 0 unspecified atom stereocenters. The topological polar surface area (TPSA) is 49.7 Å². The largest absolute Gasteiger partial charge is 0.457 e. The van der Waals surface area contributed by atoms with Crippen LogP contribution in [0, 0.1) is 13.8 Å². The molecule has 0 radical (unpaired) electrons. The Morgan fingerprint density at radius 3 is 2.17 bits per heavy atom. The maximum Gasteiger partial charge on any atom is 0.178 e. The third kappa shape index (κ3) is 2.70. The highest BCUT2D eigenvalue weighted by Gasteiger charge is 2.07.